The normalized spacial score (nSPS) is 13.3. The molecule has 1 aliphatic heterocycles. The van der Waals surface area contributed by atoms with Gasteiger partial charge in [-0.05, 0) is 37.1 Å². The van der Waals surface area contributed by atoms with Crippen molar-refractivity contribution < 1.29 is 4.74 Å². The topological polar surface area (TPSA) is 22.1 Å². The van der Waals surface area contributed by atoms with Gasteiger partial charge >= 0.3 is 0 Å². The van der Waals surface area contributed by atoms with Crippen LogP contribution in [0.5, 0.6) is 11.5 Å². The minimum Gasteiger partial charge on any atom is -0.455 e. The molecular weight excluding hydrogens is 222 g/mol. The van der Waals surface area contributed by atoms with Crippen molar-refractivity contribution in [2.24, 2.45) is 0 Å². The third kappa shape index (κ3) is 1.55. The van der Waals surface area contributed by atoms with Crippen LogP contribution in [0.2, 0.25) is 5.02 Å². The lowest BCUT2D eigenvalue weighted by Crippen LogP contribution is -1.91. The molecule has 2 aromatic rings. The van der Waals surface area contributed by atoms with Gasteiger partial charge in [-0.2, -0.15) is 0 Å². The fourth-order valence-corrected chi connectivity index (χ4v) is 2.20. The zero-order chi connectivity index (χ0) is 11.0. The largest absolute Gasteiger partial charge is 0.455 e. The van der Waals surface area contributed by atoms with Crippen LogP contribution in [0.15, 0.2) is 36.5 Å². The number of aryl methyl sites for hydroxylation is 1. The van der Waals surface area contributed by atoms with Crippen molar-refractivity contribution in [3.63, 3.8) is 0 Å². The fourth-order valence-electron chi connectivity index (χ4n) is 1.94. The summed E-state index contributed by atoms with van der Waals surface area (Å²) in [7, 11) is 0. The van der Waals surface area contributed by atoms with Crippen LogP contribution in [0.25, 0.3) is 0 Å². The highest BCUT2D eigenvalue weighted by atomic mass is 35.5. The van der Waals surface area contributed by atoms with Gasteiger partial charge in [0.2, 0.25) is 0 Å². The van der Waals surface area contributed by atoms with E-state index in [2.05, 4.69) is 4.98 Å². The maximum absolute atomic E-state index is 6.16. The maximum Gasteiger partial charge on any atom is 0.148 e. The summed E-state index contributed by atoms with van der Waals surface area (Å²) < 4.78 is 5.84. The van der Waals surface area contributed by atoms with E-state index in [1.54, 1.807) is 6.20 Å². The monoisotopic (exact) mass is 231 g/mol. The van der Waals surface area contributed by atoms with E-state index >= 15 is 0 Å². The molecule has 0 saturated carbocycles. The van der Waals surface area contributed by atoms with E-state index in [0.29, 0.717) is 0 Å². The number of nitrogens with zero attached hydrogens (tertiary/aromatic N) is 1. The van der Waals surface area contributed by atoms with E-state index < -0.39 is 0 Å². The van der Waals surface area contributed by atoms with Crippen molar-refractivity contribution in [1.82, 2.24) is 4.98 Å². The molecule has 0 amide bonds. The Labute approximate surface area is 98.8 Å². The fraction of sp³-hybridized carbons (Fsp3) is 0.154. The number of hydrogen-bond acceptors (Lipinski definition) is 2. The Morgan fingerprint density at radius 3 is 2.88 bits per heavy atom. The van der Waals surface area contributed by atoms with Gasteiger partial charge in [-0.1, -0.05) is 17.7 Å². The van der Waals surface area contributed by atoms with Crippen molar-refractivity contribution in [2.75, 3.05) is 0 Å². The van der Waals surface area contributed by atoms with E-state index in [4.69, 9.17) is 16.3 Å². The number of hydrogen-bond donors (Lipinski definition) is 0. The molecule has 80 valence electrons. The molecule has 0 radical (unpaired) electrons. The molecule has 3 heteroatoms. The summed E-state index contributed by atoms with van der Waals surface area (Å²) in [6, 6.07) is 9.58. The minimum absolute atomic E-state index is 0.769. The predicted molar refractivity (Wildman–Crippen MR) is 63.2 cm³/mol. The average molecular weight is 232 g/mol. The van der Waals surface area contributed by atoms with Gasteiger partial charge in [0.15, 0.2) is 0 Å². The number of fused-ring (bicyclic) bond motifs is 2. The second-order valence-corrected chi connectivity index (χ2v) is 4.17. The molecular formula is C13H10ClNO. The molecule has 2 nitrogen and oxygen atoms in total. The Hall–Kier alpha value is -1.54. The van der Waals surface area contributed by atoms with Crippen LogP contribution in [-0.2, 0) is 12.8 Å². The molecule has 0 N–H and O–H groups in total. The van der Waals surface area contributed by atoms with Crippen LogP contribution in [0.1, 0.15) is 11.3 Å². The lowest BCUT2D eigenvalue weighted by molar-refractivity contribution is 0.476. The molecule has 1 aromatic heterocycles. The predicted octanol–water partition coefficient (Wildman–Crippen LogP) is 3.63. The first-order valence-corrected chi connectivity index (χ1v) is 5.61. The second kappa shape index (κ2) is 3.80. The molecule has 0 saturated heterocycles. The third-order valence-electron chi connectivity index (χ3n) is 2.76. The summed E-state index contributed by atoms with van der Waals surface area (Å²) in [5, 5.41) is 0.769. The zero-order valence-corrected chi connectivity index (χ0v) is 9.37. The van der Waals surface area contributed by atoms with Gasteiger partial charge in [-0.25, -0.2) is 0 Å². The first-order valence-electron chi connectivity index (χ1n) is 5.24. The smallest absolute Gasteiger partial charge is 0.148 e. The van der Waals surface area contributed by atoms with E-state index in [0.717, 1.165) is 40.6 Å². The van der Waals surface area contributed by atoms with Crippen molar-refractivity contribution in [3.8, 4) is 11.5 Å². The SMILES string of the molecule is Clc1cccc2c1CCc1ncccc1O2. The summed E-state index contributed by atoms with van der Waals surface area (Å²) in [5.74, 6) is 1.68. The molecule has 16 heavy (non-hydrogen) atoms. The Kier molecular flexibility index (Phi) is 2.29. The van der Waals surface area contributed by atoms with Gasteiger partial charge in [0.25, 0.3) is 0 Å². The Balaban J connectivity index is 2.12. The van der Waals surface area contributed by atoms with Gasteiger partial charge < -0.3 is 4.74 Å². The molecule has 0 atom stereocenters. The van der Waals surface area contributed by atoms with Gasteiger partial charge in [0.05, 0.1) is 5.69 Å². The van der Waals surface area contributed by atoms with Crippen LogP contribution in [0.3, 0.4) is 0 Å². The Morgan fingerprint density at radius 2 is 1.94 bits per heavy atom. The summed E-state index contributed by atoms with van der Waals surface area (Å²) in [4.78, 5) is 4.32. The second-order valence-electron chi connectivity index (χ2n) is 3.77. The van der Waals surface area contributed by atoms with E-state index in [-0.39, 0.29) is 0 Å². The number of benzene rings is 1. The average Bonchev–Trinajstić information content (AvgIpc) is 2.48. The zero-order valence-electron chi connectivity index (χ0n) is 8.61. The van der Waals surface area contributed by atoms with E-state index in [9.17, 15) is 0 Å². The van der Waals surface area contributed by atoms with Crippen LogP contribution in [0, 0.1) is 0 Å². The van der Waals surface area contributed by atoms with Gasteiger partial charge in [-0.3, -0.25) is 4.98 Å². The maximum atomic E-state index is 6.16. The van der Waals surface area contributed by atoms with Crippen LogP contribution < -0.4 is 4.74 Å². The van der Waals surface area contributed by atoms with E-state index in [1.165, 1.54) is 0 Å². The molecule has 0 spiro atoms. The van der Waals surface area contributed by atoms with Gasteiger partial charge in [0, 0.05) is 16.8 Å². The van der Waals surface area contributed by atoms with E-state index in [1.807, 2.05) is 30.3 Å². The number of ether oxygens (including phenoxy) is 1. The quantitative estimate of drug-likeness (QED) is 0.691. The molecule has 0 bridgehead atoms. The summed E-state index contributed by atoms with van der Waals surface area (Å²) in [6.07, 6.45) is 3.53. The highest BCUT2D eigenvalue weighted by molar-refractivity contribution is 6.31. The van der Waals surface area contributed by atoms with Crippen molar-refractivity contribution in [3.05, 3.63) is 52.8 Å². The van der Waals surface area contributed by atoms with Crippen molar-refractivity contribution >= 4 is 11.6 Å². The lowest BCUT2D eigenvalue weighted by atomic mass is 10.1. The van der Waals surface area contributed by atoms with Crippen LogP contribution in [-0.4, -0.2) is 4.98 Å². The molecule has 1 aliphatic rings. The van der Waals surface area contributed by atoms with Crippen molar-refractivity contribution in [1.29, 1.82) is 0 Å². The summed E-state index contributed by atoms with van der Waals surface area (Å²) >= 11 is 6.16. The number of aromatic nitrogens is 1. The summed E-state index contributed by atoms with van der Waals surface area (Å²) in [6.45, 7) is 0. The first kappa shape index (κ1) is 9.67. The first-order chi connectivity index (χ1) is 7.84. The molecule has 3 rings (SSSR count). The molecule has 1 aromatic carbocycles. The number of halogens is 1. The van der Waals surface area contributed by atoms with Gasteiger partial charge in [-0.15, -0.1) is 0 Å². The minimum atomic E-state index is 0.769. The van der Waals surface area contributed by atoms with Crippen molar-refractivity contribution in [2.45, 2.75) is 12.8 Å². The number of rotatable bonds is 0. The van der Waals surface area contributed by atoms with Crippen LogP contribution >= 0.6 is 11.6 Å². The highest BCUT2D eigenvalue weighted by Crippen LogP contribution is 2.35. The van der Waals surface area contributed by atoms with Crippen LogP contribution in [0.4, 0.5) is 0 Å². The van der Waals surface area contributed by atoms with Gasteiger partial charge in [0.1, 0.15) is 11.5 Å². The molecule has 2 heterocycles. The molecule has 0 fully saturated rings. The lowest BCUT2D eigenvalue weighted by Gasteiger charge is -2.08. The Bertz CT molecular complexity index is 539. The third-order valence-corrected chi connectivity index (χ3v) is 3.11. The summed E-state index contributed by atoms with van der Waals surface area (Å²) in [5.41, 5.74) is 2.07. The Morgan fingerprint density at radius 1 is 1.06 bits per heavy atom. The number of pyridine rings is 1. The molecule has 0 aliphatic carbocycles. The highest BCUT2D eigenvalue weighted by Gasteiger charge is 2.16. The standard InChI is InChI=1S/C13H10ClNO/c14-10-3-1-4-12-9(10)6-7-11-13(16-12)5-2-8-15-11/h1-5,8H,6-7H2. The molecule has 0 unspecified atom stereocenters.